The minimum absolute atomic E-state index is 0.641. The van der Waals surface area contributed by atoms with Crippen molar-refractivity contribution >= 4 is 40.9 Å². The lowest BCUT2D eigenvalue weighted by molar-refractivity contribution is -0.147. The van der Waals surface area contributed by atoms with Crippen molar-refractivity contribution in [1.29, 1.82) is 0 Å². The highest BCUT2D eigenvalue weighted by Crippen LogP contribution is 2.31. The summed E-state index contributed by atoms with van der Waals surface area (Å²) in [7, 11) is 0. The molecule has 0 radical (unpaired) electrons. The number of halogens is 2. The molecule has 0 saturated heterocycles. The lowest BCUT2D eigenvalue weighted by atomic mass is 9.88. The van der Waals surface area contributed by atoms with Crippen LogP contribution in [0.25, 0.3) is 0 Å². The van der Waals surface area contributed by atoms with Gasteiger partial charge in [-0.15, -0.1) is 11.8 Å². The minimum Gasteiger partial charge on any atom is -0.481 e. The molecule has 5 heteroatoms. The van der Waals surface area contributed by atoms with Crippen molar-refractivity contribution < 1.29 is 9.90 Å². The van der Waals surface area contributed by atoms with Gasteiger partial charge in [0.1, 0.15) is 0 Å². The van der Waals surface area contributed by atoms with E-state index in [2.05, 4.69) is 0 Å². The van der Waals surface area contributed by atoms with Crippen LogP contribution in [0.2, 0.25) is 10.0 Å². The van der Waals surface area contributed by atoms with E-state index in [1.54, 1.807) is 37.7 Å². The summed E-state index contributed by atoms with van der Waals surface area (Å²) < 4.78 is 0. The van der Waals surface area contributed by atoms with Gasteiger partial charge in [-0.1, -0.05) is 29.6 Å². The normalized spacial score (nSPS) is 11.6. The highest BCUT2D eigenvalue weighted by Gasteiger charge is 2.25. The van der Waals surface area contributed by atoms with Crippen molar-refractivity contribution in [3.8, 4) is 0 Å². The molecule has 1 rings (SSSR count). The number of hydrogen-bond donors (Lipinski definition) is 1. The molecule has 0 aliphatic heterocycles. The molecule has 0 heterocycles. The molecule has 0 atom stereocenters. The van der Waals surface area contributed by atoms with E-state index < -0.39 is 11.4 Å². The first kappa shape index (κ1) is 16.7. The van der Waals surface area contributed by atoms with Gasteiger partial charge in [-0.2, -0.15) is 0 Å². The molecule has 106 valence electrons. The summed E-state index contributed by atoms with van der Waals surface area (Å²) in [4.78, 5) is 11.9. The third-order valence-electron chi connectivity index (χ3n) is 2.93. The molecule has 0 unspecified atom stereocenters. The Hall–Kier alpha value is -0.380. The van der Waals surface area contributed by atoms with E-state index in [1.807, 2.05) is 6.07 Å². The van der Waals surface area contributed by atoms with Gasteiger partial charge in [0.25, 0.3) is 0 Å². The highest BCUT2D eigenvalue weighted by atomic mass is 35.5. The van der Waals surface area contributed by atoms with Gasteiger partial charge in [0.15, 0.2) is 0 Å². The zero-order valence-corrected chi connectivity index (χ0v) is 13.4. The van der Waals surface area contributed by atoms with Gasteiger partial charge >= 0.3 is 5.97 Å². The van der Waals surface area contributed by atoms with Crippen molar-refractivity contribution in [3.63, 3.8) is 0 Å². The van der Waals surface area contributed by atoms with Crippen LogP contribution in [0.5, 0.6) is 0 Å². The first-order valence-corrected chi connectivity index (χ1v) is 7.88. The summed E-state index contributed by atoms with van der Waals surface area (Å²) in [5.74, 6) is 0.175. The molecular weight excluding hydrogens is 303 g/mol. The molecule has 0 fully saturated rings. The summed E-state index contributed by atoms with van der Waals surface area (Å²) in [5, 5.41) is 10.4. The van der Waals surface area contributed by atoms with Crippen LogP contribution >= 0.6 is 35.0 Å². The van der Waals surface area contributed by atoms with E-state index in [0.29, 0.717) is 16.5 Å². The van der Waals surface area contributed by atoms with E-state index in [4.69, 9.17) is 28.3 Å². The lowest BCUT2D eigenvalue weighted by Crippen LogP contribution is -2.23. The Morgan fingerprint density at radius 2 is 2.00 bits per heavy atom. The quantitative estimate of drug-likeness (QED) is 0.542. The third kappa shape index (κ3) is 5.64. The number of unbranched alkanes of at least 4 members (excludes halogenated alkanes) is 1. The number of carboxylic acids is 1. The van der Waals surface area contributed by atoms with Crippen LogP contribution in [0.1, 0.15) is 33.1 Å². The molecule has 0 spiro atoms. The predicted molar refractivity (Wildman–Crippen MR) is 82.5 cm³/mol. The molecule has 1 aromatic carbocycles. The van der Waals surface area contributed by atoms with Gasteiger partial charge in [-0.05, 0) is 50.6 Å². The Kier molecular flexibility index (Phi) is 6.51. The fourth-order valence-corrected chi connectivity index (χ4v) is 3.05. The highest BCUT2D eigenvalue weighted by molar-refractivity contribution is 7.99. The average molecular weight is 321 g/mol. The summed E-state index contributed by atoms with van der Waals surface area (Å²) >= 11 is 13.6. The van der Waals surface area contributed by atoms with Gasteiger partial charge in [0, 0.05) is 9.92 Å². The van der Waals surface area contributed by atoms with Crippen molar-refractivity contribution in [1.82, 2.24) is 0 Å². The lowest BCUT2D eigenvalue weighted by Gasteiger charge is -2.18. The van der Waals surface area contributed by atoms with Crippen LogP contribution in [-0.4, -0.2) is 16.8 Å². The van der Waals surface area contributed by atoms with Crippen LogP contribution in [0.15, 0.2) is 23.1 Å². The van der Waals surface area contributed by atoms with Crippen LogP contribution in [0, 0.1) is 5.41 Å². The Bertz CT molecular complexity index is 447. The zero-order chi connectivity index (χ0) is 14.5. The molecule has 0 amide bonds. The topological polar surface area (TPSA) is 37.3 Å². The second kappa shape index (κ2) is 7.41. The van der Waals surface area contributed by atoms with E-state index in [9.17, 15) is 4.79 Å². The number of carboxylic acid groups (broad SMARTS) is 1. The third-order valence-corrected chi connectivity index (χ3v) is 4.74. The summed E-state index contributed by atoms with van der Waals surface area (Å²) in [6.45, 7) is 3.52. The van der Waals surface area contributed by atoms with Crippen molar-refractivity contribution in [2.75, 3.05) is 5.75 Å². The molecule has 2 nitrogen and oxygen atoms in total. The zero-order valence-electron chi connectivity index (χ0n) is 11.1. The number of carbonyl (C=O) groups is 1. The monoisotopic (exact) mass is 320 g/mol. The Labute approximate surface area is 128 Å². The van der Waals surface area contributed by atoms with Gasteiger partial charge < -0.3 is 5.11 Å². The Morgan fingerprint density at radius 1 is 1.32 bits per heavy atom. The molecule has 0 bridgehead atoms. The van der Waals surface area contributed by atoms with E-state index in [0.717, 1.165) is 23.5 Å². The fraction of sp³-hybridized carbons (Fsp3) is 0.500. The average Bonchev–Trinajstić information content (AvgIpc) is 2.32. The number of rotatable bonds is 7. The molecule has 1 N–H and O–H groups in total. The molecule has 0 aromatic heterocycles. The molecule has 19 heavy (non-hydrogen) atoms. The van der Waals surface area contributed by atoms with Gasteiger partial charge in [0.2, 0.25) is 0 Å². The fourth-order valence-electron chi connectivity index (χ4n) is 1.55. The second-order valence-corrected chi connectivity index (χ2v) is 7.05. The Balaban J connectivity index is 2.32. The first-order chi connectivity index (χ1) is 8.83. The molecule has 0 aliphatic rings. The van der Waals surface area contributed by atoms with Crippen molar-refractivity contribution in [3.05, 3.63) is 28.2 Å². The van der Waals surface area contributed by atoms with E-state index in [1.165, 1.54) is 0 Å². The summed E-state index contributed by atoms with van der Waals surface area (Å²) in [6, 6.07) is 5.42. The maximum absolute atomic E-state index is 11.0. The minimum atomic E-state index is -0.738. The number of aliphatic carboxylic acids is 1. The first-order valence-electron chi connectivity index (χ1n) is 6.14. The molecular formula is C14H18Cl2O2S. The SMILES string of the molecule is CC(C)(CCCCSc1cc(Cl)ccc1Cl)C(=O)O. The summed E-state index contributed by atoms with van der Waals surface area (Å²) in [6.07, 6.45) is 2.54. The second-order valence-electron chi connectivity index (χ2n) is 5.07. The van der Waals surface area contributed by atoms with Gasteiger partial charge in [-0.25, -0.2) is 0 Å². The van der Waals surface area contributed by atoms with E-state index >= 15 is 0 Å². The standard InChI is InChI=1S/C14H18Cl2O2S/c1-14(2,13(17)18)7-3-4-8-19-12-9-10(15)5-6-11(12)16/h5-6,9H,3-4,7-8H2,1-2H3,(H,17,18). The van der Waals surface area contributed by atoms with Crippen LogP contribution in [0.3, 0.4) is 0 Å². The van der Waals surface area contributed by atoms with Crippen LogP contribution < -0.4 is 0 Å². The smallest absolute Gasteiger partial charge is 0.309 e. The maximum Gasteiger partial charge on any atom is 0.309 e. The molecule has 0 saturated carbocycles. The van der Waals surface area contributed by atoms with Crippen LogP contribution in [0.4, 0.5) is 0 Å². The van der Waals surface area contributed by atoms with Crippen molar-refractivity contribution in [2.45, 2.75) is 38.0 Å². The predicted octanol–water partition coefficient (Wildman–Crippen LogP) is 5.37. The van der Waals surface area contributed by atoms with Crippen LogP contribution in [-0.2, 0) is 4.79 Å². The number of hydrogen-bond acceptors (Lipinski definition) is 2. The molecule has 1 aromatic rings. The largest absolute Gasteiger partial charge is 0.481 e. The Morgan fingerprint density at radius 3 is 2.63 bits per heavy atom. The van der Waals surface area contributed by atoms with E-state index in [-0.39, 0.29) is 0 Å². The van der Waals surface area contributed by atoms with Gasteiger partial charge in [0.05, 0.1) is 10.4 Å². The number of thioether (sulfide) groups is 1. The van der Waals surface area contributed by atoms with Crippen molar-refractivity contribution in [2.24, 2.45) is 5.41 Å². The van der Waals surface area contributed by atoms with Gasteiger partial charge in [-0.3, -0.25) is 4.79 Å². The molecule has 0 aliphatic carbocycles. The number of benzene rings is 1. The summed E-state index contributed by atoms with van der Waals surface area (Å²) in [5.41, 5.74) is -0.641. The maximum atomic E-state index is 11.0.